The van der Waals surface area contributed by atoms with Gasteiger partial charge in [-0.25, -0.2) is 4.98 Å². The first-order chi connectivity index (χ1) is 11.6. The molecule has 3 rings (SSSR count). The van der Waals surface area contributed by atoms with E-state index >= 15 is 0 Å². The molecule has 0 aliphatic heterocycles. The number of amides is 1. The molecule has 2 aromatic carbocycles. The number of imidazole rings is 1. The number of hydrogen-bond acceptors (Lipinski definition) is 3. The number of phenols is 1. The van der Waals surface area contributed by atoms with Crippen molar-refractivity contribution in [2.75, 3.05) is 0 Å². The summed E-state index contributed by atoms with van der Waals surface area (Å²) in [5, 5.41) is 12.6. The molecule has 2 N–H and O–H groups in total. The van der Waals surface area contributed by atoms with Crippen LogP contribution in [-0.4, -0.2) is 20.6 Å². The van der Waals surface area contributed by atoms with Gasteiger partial charge in [-0.2, -0.15) is 0 Å². The number of benzene rings is 2. The van der Waals surface area contributed by atoms with E-state index in [2.05, 4.69) is 10.3 Å². The maximum absolute atomic E-state index is 12.6. The Morgan fingerprint density at radius 1 is 1.25 bits per heavy atom. The minimum Gasteiger partial charge on any atom is -0.506 e. The van der Waals surface area contributed by atoms with Crippen molar-refractivity contribution in [2.45, 2.75) is 6.04 Å². The summed E-state index contributed by atoms with van der Waals surface area (Å²) in [6, 6.07) is 13.6. The van der Waals surface area contributed by atoms with Gasteiger partial charge in [-0.1, -0.05) is 41.9 Å². The number of carbonyl (C=O) groups excluding carboxylic acids is 1. The average molecular weight is 342 g/mol. The standard InChI is InChI=1S/C18H16ClN3O2/c1-22-10-9-20-17(22)16(12-5-3-2-4-6-12)21-18(24)13-7-8-15(23)14(19)11-13/h2-11,16,23H,1H3,(H,21,24). The predicted molar refractivity (Wildman–Crippen MR) is 92.1 cm³/mol. The molecule has 0 radical (unpaired) electrons. The summed E-state index contributed by atoms with van der Waals surface area (Å²) >= 11 is 5.89. The average Bonchev–Trinajstić information content (AvgIpc) is 3.01. The molecule has 3 aromatic rings. The predicted octanol–water partition coefficient (Wildman–Crippen LogP) is 3.30. The molecule has 0 spiro atoms. The lowest BCUT2D eigenvalue weighted by molar-refractivity contribution is 0.0941. The van der Waals surface area contributed by atoms with Gasteiger partial charge in [0.2, 0.25) is 0 Å². The smallest absolute Gasteiger partial charge is 0.252 e. The first-order valence-corrected chi connectivity index (χ1v) is 7.75. The zero-order chi connectivity index (χ0) is 17.1. The highest BCUT2D eigenvalue weighted by Crippen LogP contribution is 2.25. The minimum absolute atomic E-state index is 0.0584. The monoisotopic (exact) mass is 341 g/mol. The van der Waals surface area contributed by atoms with E-state index in [1.54, 1.807) is 6.20 Å². The van der Waals surface area contributed by atoms with Crippen LogP contribution in [0.1, 0.15) is 27.8 Å². The van der Waals surface area contributed by atoms with Gasteiger partial charge in [-0.05, 0) is 23.8 Å². The Morgan fingerprint density at radius 3 is 2.62 bits per heavy atom. The van der Waals surface area contributed by atoms with Crippen molar-refractivity contribution in [1.82, 2.24) is 14.9 Å². The number of nitrogens with one attached hydrogen (secondary N) is 1. The number of phenolic OH excluding ortho intramolecular Hbond substituents is 1. The van der Waals surface area contributed by atoms with Crippen molar-refractivity contribution in [2.24, 2.45) is 7.05 Å². The zero-order valence-electron chi connectivity index (χ0n) is 13.0. The highest BCUT2D eigenvalue weighted by Gasteiger charge is 2.21. The number of hydrogen-bond donors (Lipinski definition) is 2. The SMILES string of the molecule is Cn1ccnc1C(NC(=O)c1ccc(O)c(Cl)c1)c1ccccc1. The summed E-state index contributed by atoms with van der Waals surface area (Å²) in [4.78, 5) is 17.0. The van der Waals surface area contributed by atoms with Gasteiger partial charge in [0.25, 0.3) is 5.91 Å². The number of aromatic nitrogens is 2. The molecule has 0 fully saturated rings. The van der Waals surface area contributed by atoms with Gasteiger partial charge in [-0.3, -0.25) is 4.79 Å². The molecule has 0 saturated heterocycles. The molecule has 0 saturated carbocycles. The van der Waals surface area contributed by atoms with Crippen LogP contribution in [0.15, 0.2) is 60.9 Å². The molecule has 6 heteroatoms. The van der Waals surface area contributed by atoms with Gasteiger partial charge in [-0.15, -0.1) is 0 Å². The summed E-state index contributed by atoms with van der Waals surface area (Å²) in [7, 11) is 1.88. The Morgan fingerprint density at radius 2 is 2.00 bits per heavy atom. The lowest BCUT2D eigenvalue weighted by Gasteiger charge is -2.19. The Balaban J connectivity index is 1.93. The van der Waals surface area contributed by atoms with Crippen molar-refractivity contribution in [1.29, 1.82) is 0 Å². The second kappa shape index (κ2) is 6.76. The molecule has 1 heterocycles. The highest BCUT2D eigenvalue weighted by atomic mass is 35.5. The molecule has 1 unspecified atom stereocenters. The van der Waals surface area contributed by atoms with Gasteiger partial charge in [0, 0.05) is 25.0 Å². The van der Waals surface area contributed by atoms with E-state index in [9.17, 15) is 9.90 Å². The second-order valence-corrected chi connectivity index (χ2v) is 5.79. The van der Waals surface area contributed by atoms with E-state index < -0.39 is 6.04 Å². The first-order valence-electron chi connectivity index (χ1n) is 7.38. The van der Waals surface area contributed by atoms with Crippen LogP contribution in [-0.2, 0) is 7.05 Å². The van der Waals surface area contributed by atoms with Crippen LogP contribution in [0.25, 0.3) is 0 Å². The molecule has 1 aromatic heterocycles. The lowest BCUT2D eigenvalue weighted by Crippen LogP contribution is -2.31. The van der Waals surface area contributed by atoms with E-state index in [0.29, 0.717) is 5.56 Å². The number of halogens is 1. The number of carbonyl (C=O) groups is 1. The highest BCUT2D eigenvalue weighted by molar-refractivity contribution is 6.32. The normalized spacial score (nSPS) is 11.9. The van der Waals surface area contributed by atoms with E-state index in [-0.39, 0.29) is 16.7 Å². The fourth-order valence-electron chi connectivity index (χ4n) is 2.46. The summed E-state index contributed by atoms with van der Waals surface area (Å²) in [6.07, 6.45) is 3.52. The van der Waals surface area contributed by atoms with Crippen LogP contribution in [0.3, 0.4) is 0 Å². The first kappa shape index (κ1) is 16.1. The third kappa shape index (κ3) is 3.26. The molecule has 122 valence electrons. The van der Waals surface area contributed by atoms with Gasteiger partial charge in [0.1, 0.15) is 17.6 Å². The van der Waals surface area contributed by atoms with Crippen molar-refractivity contribution < 1.29 is 9.90 Å². The number of nitrogens with zero attached hydrogens (tertiary/aromatic N) is 2. The topological polar surface area (TPSA) is 67.2 Å². The zero-order valence-corrected chi connectivity index (χ0v) is 13.7. The van der Waals surface area contributed by atoms with Crippen molar-refractivity contribution in [3.8, 4) is 5.75 Å². The summed E-state index contributed by atoms with van der Waals surface area (Å²) < 4.78 is 1.86. The third-order valence-electron chi connectivity index (χ3n) is 3.73. The molecule has 1 amide bonds. The largest absolute Gasteiger partial charge is 0.506 e. The van der Waals surface area contributed by atoms with Gasteiger partial charge in [0.15, 0.2) is 0 Å². The van der Waals surface area contributed by atoms with Gasteiger partial charge in [0.05, 0.1) is 5.02 Å². The molecular weight excluding hydrogens is 326 g/mol. The maximum Gasteiger partial charge on any atom is 0.252 e. The minimum atomic E-state index is -0.397. The Bertz CT molecular complexity index is 862. The third-order valence-corrected chi connectivity index (χ3v) is 4.04. The van der Waals surface area contributed by atoms with Crippen molar-refractivity contribution in [3.63, 3.8) is 0 Å². The van der Waals surface area contributed by atoms with Crippen molar-refractivity contribution in [3.05, 3.63) is 82.9 Å². The van der Waals surface area contributed by atoms with Crippen molar-refractivity contribution >= 4 is 17.5 Å². The maximum atomic E-state index is 12.6. The van der Waals surface area contributed by atoms with E-state index in [1.807, 2.05) is 48.1 Å². The van der Waals surface area contributed by atoms with Crippen LogP contribution in [0.2, 0.25) is 5.02 Å². The molecule has 0 bridgehead atoms. The van der Waals surface area contributed by atoms with Crippen LogP contribution in [0, 0.1) is 0 Å². The van der Waals surface area contributed by atoms with E-state index in [0.717, 1.165) is 11.4 Å². The van der Waals surface area contributed by atoms with Crippen LogP contribution in [0.4, 0.5) is 0 Å². The second-order valence-electron chi connectivity index (χ2n) is 5.38. The molecule has 5 nitrogen and oxygen atoms in total. The number of aromatic hydroxyl groups is 1. The quantitative estimate of drug-likeness (QED) is 0.765. The Kier molecular flexibility index (Phi) is 4.53. The van der Waals surface area contributed by atoms with Crippen LogP contribution >= 0.6 is 11.6 Å². The molecule has 24 heavy (non-hydrogen) atoms. The Labute approximate surface area is 144 Å². The van der Waals surface area contributed by atoms with E-state index in [1.165, 1.54) is 18.2 Å². The summed E-state index contributed by atoms with van der Waals surface area (Å²) in [5.41, 5.74) is 1.29. The van der Waals surface area contributed by atoms with Crippen LogP contribution in [0.5, 0.6) is 5.75 Å². The number of aryl methyl sites for hydroxylation is 1. The summed E-state index contributed by atoms with van der Waals surface area (Å²) in [6.45, 7) is 0. The molecule has 0 aliphatic carbocycles. The van der Waals surface area contributed by atoms with Crippen LogP contribution < -0.4 is 5.32 Å². The lowest BCUT2D eigenvalue weighted by atomic mass is 10.1. The Hall–Kier alpha value is -2.79. The fraction of sp³-hybridized carbons (Fsp3) is 0.111. The summed E-state index contributed by atoms with van der Waals surface area (Å²) in [5.74, 6) is 0.366. The molecule has 0 aliphatic rings. The molecule has 1 atom stereocenters. The molecular formula is C18H16ClN3O2. The number of rotatable bonds is 4. The van der Waals surface area contributed by atoms with Gasteiger partial charge < -0.3 is 15.0 Å². The van der Waals surface area contributed by atoms with E-state index in [4.69, 9.17) is 11.6 Å². The fourth-order valence-corrected chi connectivity index (χ4v) is 2.64. The van der Waals surface area contributed by atoms with Gasteiger partial charge >= 0.3 is 0 Å².